The highest BCUT2D eigenvalue weighted by atomic mass is 32.1. The monoisotopic (exact) mass is 372 g/mol. The Morgan fingerprint density at radius 2 is 1.21 bits per heavy atom. The lowest BCUT2D eigenvalue weighted by Crippen LogP contribution is -2.50. The Balaban J connectivity index is 1.98. The summed E-state index contributed by atoms with van der Waals surface area (Å²) in [6.07, 6.45) is 0. The molecule has 0 amide bonds. The van der Waals surface area contributed by atoms with Gasteiger partial charge in [-0.15, -0.1) is 3.89 Å². The molecule has 0 aliphatic carbocycles. The van der Waals surface area contributed by atoms with E-state index in [4.69, 9.17) is 22.8 Å². The summed E-state index contributed by atoms with van der Waals surface area (Å²) in [6, 6.07) is 16.5. The lowest BCUT2D eigenvalue weighted by Gasteiger charge is -2.37. The van der Waals surface area contributed by atoms with Gasteiger partial charge in [0, 0.05) is 0 Å². The van der Waals surface area contributed by atoms with Gasteiger partial charge in [-0.05, 0) is 45.0 Å². The van der Waals surface area contributed by atoms with Crippen LogP contribution < -0.4 is 3.89 Å². The topological polar surface area (TPSA) is 25.8 Å². The molecule has 0 bridgehead atoms. The maximum absolute atomic E-state index is 5.13. The van der Waals surface area contributed by atoms with Crippen LogP contribution in [0.5, 0.6) is 0 Å². The summed E-state index contributed by atoms with van der Waals surface area (Å²) in [5, 5.41) is 1.90. The lowest BCUT2D eigenvalue weighted by atomic mass is 10.1. The van der Waals surface area contributed by atoms with Crippen molar-refractivity contribution in [3.05, 3.63) is 48.5 Å². The van der Waals surface area contributed by atoms with Gasteiger partial charge in [0.15, 0.2) is 0 Å². The molecule has 0 unspecified atom stereocenters. The third-order valence-electron chi connectivity index (χ3n) is 4.09. The predicted molar refractivity (Wildman–Crippen MR) is 109 cm³/mol. The van der Waals surface area contributed by atoms with Crippen molar-refractivity contribution in [2.45, 2.75) is 26.3 Å². The van der Waals surface area contributed by atoms with E-state index >= 15 is 0 Å². The molecule has 6 heteroatoms. The van der Waals surface area contributed by atoms with E-state index in [0.29, 0.717) is 3.89 Å². The van der Waals surface area contributed by atoms with Crippen LogP contribution in [0.4, 0.5) is 10.3 Å². The van der Waals surface area contributed by atoms with Crippen LogP contribution in [-0.4, -0.2) is 15.5 Å². The van der Waals surface area contributed by atoms with Crippen LogP contribution in [-0.2, 0) is 0 Å². The molecule has 0 spiro atoms. The van der Waals surface area contributed by atoms with Gasteiger partial charge in [0.25, 0.3) is 0 Å². The average Bonchev–Trinajstić information content (AvgIpc) is 3.16. The first-order valence-electron chi connectivity index (χ1n) is 7.74. The van der Waals surface area contributed by atoms with E-state index in [-0.39, 0.29) is 5.54 Å². The fraction of sp³-hybridized carbons (Fsp3) is 0.222. The molecule has 24 heavy (non-hydrogen) atoms. The first kappa shape index (κ1) is 16.0. The van der Waals surface area contributed by atoms with Gasteiger partial charge in [-0.2, -0.15) is 9.97 Å². The van der Waals surface area contributed by atoms with Crippen molar-refractivity contribution in [1.29, 1.82) is 0 Å². The number of hydrogen-bond acceptors (Lipinski definition) is 5. The lowest BCUT2D eigenvalue weighted by molar-refractivity contribution is 0.355. The standard InChI is InChI=1S/C18H18N3S3/c1-18(2,3)21(22,16-19-12-8-4-6-10-14(12)23-16)17-20-13-9-5-7-11-15(13)24-17/h4-11,22H,1-3H3/q+1. The van der Waals surface area contributed by atoms with Crippen LogP contribution in [0.2, 0.25) is 0 Å². The third kappa shape index (κ3) is 2.37. The average molecular weight is 373 g/mol. The van der Waals surface area contributed by atoms with Gasteiger partial charge in [-0.3, -0.25) is 0 Å². The number of aromatic nitrogens is 2. The second-order valence-corrected chi connectivity index (χ2v) is 9.35. The van der Waals surface area contributed by atoms with Crippen LogP contribution >= 0.6 is 35.5 Å². The highest BCUT2D eigenvalue weighted by molar-refractivity contribution is 7.80. The van der Waals surface area contributed by atoms with Crippen LogP contribution in [0.15, 0.2) is 48.5 Å². The quantitative estimate of drug-likeness (QED) is 0.335. The zero-order valence-corrected chi connectivity index (χ0v) is 16.3. The molecule has 4 aromatic rings. The molecule has 0 saturated carbocycles. The molecule has 0 aliphatic heterocycles. The molecule has 0 atom stereocenters. The number of rotatable bonds is 2. The Hall–Kier alpha value is -1.47. The van der Waals surface area contributed by atoms with E-state index in [2.05, 4.69) is 45.0 Å². The van der Waals surface area contributed by atoms with Gasteiger partial charge in [-0.1, -0.05) is 46.9 Å². The summed E-state index contributed by atoms with van der Waals surface area (Å²) in [5.41, 5.74) is 1.84. The largest absolute Gasteiger partial charge is 0.306 e. The van der Waals surface area contributed by atoms with Gasteiger partial charge >= 0.3 is 10.3 Å². The second kappa shape index (κ2) is 5.52. The number of para-hydroxylation sites is 2. The van der Waals surface area contributed by atoms with E-state index in [1.54, 1.807) is 22.7 Å². The maximum Gasteiger partial charge on any atom is 0.306 e. The molecule has 2 heterocycles. The number of fused-ring (bicyclic) bond motifs is 2. The molecule has 0 saturated heterocycles. The first-order valence-corrected chi connectivity index (χ1v) is 9.77. The van der Waals surface area contributed by atoms with Crippen molar-refractivity contribution in [2.75, 3.05) is 0 Å². The Morgan fingerprint density at radius 1 is 0.792 bits per heavy atom. The van der Waals surface area contributed by atoms with E-state index in [9.17, 15) is 0 Å². The fourth-order valence-corrected chi connectivity index (χ4v) is 5.44. The summed E-state index contributed by atoms with van der Waals surface area (Å²) in [4.78, 5) is 9.76. The molecular weight excluding hydrogens is 354 g/mol. The number of thiazole rings is 2. The van der Waals surface area contributed by atoms with Crippen LogP contribution in [0.1, 0.15) is 20.8 Å². The summed E-state index contributed by atoms with van der Waals surface area (Å²) in [7, 11) is 0. The number of hydrogen-bond donors (Lipinski definition) is 1. The van der Waals surface area contributed by atoms with Crippen LogP contribution in [0.3, 0.4) is 0 Å². The third-order valence-corrected chi connectivity index (χ3v) is 7.56. The Kier molecular flexibility index (Phi) is 3.69. The smallest absolute Gasteiger partial charge is 0.184 e. The highest BCUT2D eigenvalue weighted by Gasteiger charge is 2.48. The van der Waals surface area contributed by atoms with Crippen molar-refractivity contribution in [1.82, 2.24) is 13.9 Å². The normalized spacial score (nSPS) is 13.0. The van der Waals surface area contributed by atoms with Crippen molar-refractivity contribution < 1.29 is 0 Å². The summed E-state index contributed by atoms with van der Waals surface area (Å²) >= 11 is 8.51. The maximum atomic E-state index is 5.13. The highest BCUT2D eigenvalue weighted by Crippen LogP contribution is 2.50. The molecule has 0 aliphatic rings. The zero-order chi connectivity index (χ0) is 16.9. The van der Waals surface area contributed by atoms with Crippen LogP contribution in [0, 0.1) is 0 Å². The van der Waals surface area contributed by atoms with Gasteiger partial charge in [0.05, 0.1) is 33.2 Å². The van der Waals surface area contributed by atoms with E-state index < -0.39 is 0 Å². The second-order valence-electron chi connectivity index (χ2n) is 6.73. The summed E-state index contributed by atoms with van der Waals surface area (Å²) in [5.74, 6) is 0. The molecule has 122 valence electrons. The van der Waals surface area contributed by atoms with Gasteiger partial charge in [0.2, 0.25) is 0 Å². The van der Waals surface area contributed by atoms with Crippen molar-refractivity contribution >= 4 is 66.2 Å². The number of quaternary nitrogens is 1. The number of thiol groups is 1. The minimum Gasteiger partial charge on any atom is -0.184 e. The van der Waals surface area contributed by atoms with Gasteiger partial charge in [0.1, 0.15) is 5.54 Å². The summed E-state index contributed by atoms with van der Waals surface area (Å²) in [6.45, 7) is 6.54. The minimum absolute atomic E-state index is 0.190. The van der Waals surface area contributed by atoms with Gasteiger partial charge < -0.3 is 0 Å². The summed E-state index contributed by atoms with van der Waals surface area (Å²) < 4.78 is 2.65. The fourth-order valence-electron chi connectivity index (χ4n) is 2.65. The van der Waals surface area contributed by atoms with Gasteiger partial charge in [-0.25, -0.2) is 0 Å². The first-order chi connectivity index (χ1) is 11.4. The molecule has 2 aromatic heterocycles. The van der Waals surface area contributed by atoms with E-state index in [1.807, 2.05) is 24.3 Å². The Morgan fingerprint density at radius 3 is 1.58 bits per heavy atom. The molecular formula is C18H18N3S3+. The Labute approximate surface area is 154 Å². The van der Waals surface area contributed by atoms with Crippen molar-refractivity contribution in [2.24, 2.45) is 0 Å². The zero-order valence-electron chi connectivity index (χ0n) is 13.7. The number of nitrogens with zero attached hydrogens (tertiary/aromatic N) is 3. The van der Waals surface area contributed by atoms with Crippen LogP contribution in [0.25, 0.3) is 20.4 Å². The molecule has 0 radical (unpaired) electrons. The molecule has 0 N–H and O–H groups in total. The minimum atomic E-state index is -0.190. The SMILES string of the molecule is CC(C)(C)[N+](S)(c1nc2ccccc2s1)c1nc2ccccc2s1. The molecule has 2 aromatic carbocycles. The van der Waals surface area contributed by atoms with E-state index in [0.717, 1.165) is 21.3 Å². The predicted octanol–water partition coefficient (Wildman–Crippen LogP) is 6.19. The molecule has 3 nitrogen and oxygen atoms in total. The van der Waals surface area contributed by atoms with E-state index in [1.165, 1.54) is 9.40 Å². The van der Waals surface area contributed by atoms with Crippen molar-refractivity contribution in [3.63, 3.8) is 0 Å². The molecule has 0 fully saturated rings. The van der Waals surface area contributed by atoms with Crippen molar-refractivity contribution in [3.8, 4) is 0 Å². The number of benzene rings is 2. The molecule has 4 rings (SSSR count). The Bertz CT molecular complexity index is 887.